The normalized spacial score (nSPS) is 11.1. The van der Waals surface area contributed by atoms with Crippen LogP contribution < -0.4 is 10.1 Å². The van der Waals surface area contributed by atoms with Crippen LogP contribution >= 0.6 is 0 Å². The van der Waals surface area contributed by atoms with Gasteiger partial charge < -0.3 is 19.2 Å². The lowest BCUT2D eigenvalue weighted by molar-refractivity contribution is 0.130. The zero-order valence-corrected chi connectivity index (χ0v) is 14.4. The molecule has 0 aliphatic rings. The predicted octanol–water partition coefficient (Wildman–Crippen LogP) is 4.01. The monoisotopic (exact) mass is 349 g/mol. The number of hydrogen-bond acceptors (Lipinski definition) is 6. The van der Waals surface area contributed by atoms with Crippen molar-refractivity contribution in [2.45, 2.75) is 6.61 Å². The van der Waals surface area contributed by atoms with Crippen LogP contribution in [0.3, 0.4) is 0 Å². The molecule has 4 rings (SSSR count). The Morgan fingerprint density at radius 3 is 2.73 bits per heavy atom. The number of benzene rings is 2. The molecule has 6 nitrogen and oxygen atoms in total. The highest BCUT2D eigenvalue weighted by Gasteiger charge is 2.12. The molecule has 6 heteroatoms. The number of fused-ring (bicyclic) bond motifs is 3. The van der Waals surface area contributed by atoms with Crippen LogP contribution in [0.1, 0.15) is 5.56 Å². The van der Waals surface area contributed by atoms with E-state index < -0.39 is 0 Å². The molecule has 0 aliphatic heterocycles. The Balaban J connectivity index is 1.36. The second kappa shape index (κ2) is 7.41. The molecule has 0 unspecified atom stereocenters. The predicted molar refractivity (Wildman–Crippen MR) is 100 cm³/mol. The van der Waals surface area contributed by atoms with E-state index >= 15 is 0 Å². The largest absolute Gasteiger partial charge is 0.497 e. The van der Waals surface area contributed by atoms with E-state index in [0.717, 1.165) is 27.8 Å². The molecule has 1 N–H and O–H groups in total. The van der Waals surface area contributed by atoms with Gasteiger partial charge in [0.15, 0.2) is 11.4 Å². The number of rotatable bonds is 7. The molecule has 2 aromatic carbocycles. The Morgan fingerprint density at radius 1 is 1.04 bits per heavy atom. The summed E-state index contributed by atoms with van der Waals surface area (Å²) in [4.78, 5) is 8.63. The molecule has 2 aromatic heterocycles. The highest BCUT2D eigenvalue weighted by Crippen LogP contribution is 2.30. The number of methoxy groups -OCH3 is 1. The van der Waals surface area contributed by atoms with E-state index in [1.807, 2.05) is 48.5 Å². The van der Waals surface area contributed by atoms with Gasteiger partial charge >= 0.3 is 0 Å². The van der Waals surface area contributed by atoms with Gasteiger partial charge in [-0.25, -0.2) is 9.97 Å². The SMILES string of the molecule is COc1ccc(COCCNc2ncnc3c2oc2ccccc23)cc1. The standard InChI is InChI=1S/C20H19N3O3/c1-24-15-8-6-14(7-9-15)12-25-11-10-21-20-19-18(22-13-23-20)16-4-2-3-5-17(16)26-19/h2-9,13H,10-12H2,1H3,(H,21,22,23). The number of nitrogens with zero attached hydrogens (tertiary/aromatic N) is 2. The highest BCUT2D eigenvalue weighted by atomic mass is 16.5. The molecule has 132 valence electrons. The lowest BCUT2D eigenvalue weighted by Crippen LogP contribution is -2.10. The number of aromatic nitrogens is 2. The molecule has 0 radical (unpaired) electrons. The second-order valence-corrected chi connectivity index (χ2v) is 5.83. The Morgan fingerprint density at radius 2 is 1.88 bits per heavy atom. The minimum absolute atomic E-state index is 0.551. The third-order valence-corrected chi connectivity index (χ3v) is 4.12. The highest BCUT2D eigenvalue weighted by molar-refractivity contribution is 6.05. The van der Waals surface area contributed by atoms with Gasteiger partial charge in [0, 0.05) is 11.9 Å². The van der Waals surface area contributed by atoms with Gasteiger partial charge in [-0.05, 0) is 29.8 Å². The number of furan rings is 1. The molecule has 0 saturated heterocycles. The average molecular weight is 349 g/mol. The number of para-hydroxylation sites is 1. The zero-order chi connectivity index (χ0) is 17.8. The Hall–Kier alpha value is -3.12. The quantitative estimate of drug-likeness (QED) is 0.508. The minimum Gasteiger partial charge on any atom is -0.497 e. The first-order valence-electron chi connectivity index (χ1n) is 8.42. The fourth-order valence-electron chi connectivity index (χ4n) is 2.80. The summed E-state index contributed by atoms with van der Waals surface area (Å²) in [7, 11) is 1.66. The van der Waals surface area contributed by atoms with Gasteiger partial charge in [-0.1, -0.05) is 24.3 Å². The molecule has 0 amide bonds. The lowest BCUT2D eigenvalue weighted by Gasteiger charge is -2.07. The van der Waals surface area contributed by atoms with Crippen LogP contribution in [0.25, 0.3) is 22.1 Å². The molecular weight excluding hydrogens is 330 g/mol. The molecule has 0 saturated carbocycles. The third kappa shape index (κ3) is 3.32. The second-order valence-electron chi connectivity index (χ2n) is 5.83. The van der Waals surface area contributed by atoms with Crippen molar-refractivity contribution in [3.8, 4) is 5.75 Å². The maximum atomic E-state index is 5.89. The van der Waals surface area contributed by atoms with Gasteiger partial charge in [-0.2, -0.15) is 0 Å². The topological polar surface area (TPSA) is 69.4 Å². The first-order valence-corrected chi connectivity index (χ1v) is 8.42. The van der Waals surface area contributed by atoms with Crippen molar-refractivity contribution in [1.29, 1.82) is 0 Å². The van der Waals surface area contributed by atoms with E-state index in [2.05, 4.69) is 15.3 Å². The van der Waals surface area contributed by atoms with Crippen molar-refractivity contribution in [3.05, 3.63) is 60.4 Å². The average Bonchev–Trinajstić information content (AvgIpc) is 3.08. The number of hydrogen-bond donors (Lipinski definition) is 1. The van der Waals surface area contributed by atoms with Gasteiger partial charge in [-0.3, -0.25) is 0 Å². The van der Waals surface area contributed by atoms with Gasteiger partial charge in [-0.15, -0.1) is 0 Å². The van der Waals surface area contributed by atoms with Crippen LogP contribution in [0.5, 0.6) is 5.75 Å². The van der Waals surface area contributed by atoms with Gasteiger partial charge in [0.1, 0.15) is 23.2 Å². The number of ether oxygens (including phenoxy) is 2. The van der Waals surface area contributed by atoms with E-state index in [4.69, 9.17) is 13.9 Å². The van der Waals surface area contributed by atoms with Crippen molar-refractivity contribution in [2.24, 2.45) is 0 Å². The van der Waals surface area contributed by atoms with Crippen molar-refractivity contribution < 1.29 is 13.9 Å². The molecular formula is C20H19N3O3. The number of anilines is 1. The summed E-state index contributed by atoms with van der Waals surface area (Å²) in [6, 6.07) is 15.7. The van der Waals surface area contributed by atoms with Crippen LogP contribution in [-0.2, 0) is 11.3 Å². The number of nitrogens with one attached hydrogen (secondary N) is 1. The van der Waals surface area contributed by atoms with Gasteiger partial charge in [0.2, 0.25) is 0 Å². The first kappa shape index (κ1) is 16.4. The molecule has 0 fully saturated rings. The fraction of sp³-hybridized carbons (Fsp3) is 0.200. The van der Waals surface area contributed by atoms with Crippen molar-refractivity contribution >= 4 is 27.9 Å². The van der Waals surface area contributed by atoms with Gasteiger partial charge in [0.25, 0.3) is 0 Å². The Bertz CT molecular complexity index is 1010. The summed E-state index contributed by atoms with van der Waals surface area (Å²) in [6.07, 6.45) is 1.55. The van der Waals surface area contributed by atoms with E-state index in [1.165, 1.54) is 0 Å². The molecule has 0 atom stereocenters. The summed E-state index contributed by atoms with van der Waals surface area (Å²) >= 11 is 0. The van der Waals surface area contributed by atoms with E-state index in [0.29, 0.717) is 31.2 Å². The lowest BCUT2D eigenvalue weighted by atomic mass is 10.2. The Labute approximate surface area is 150 Å². The molecule has 0 spiro atoms. The van der Waals surface area contributed by atoms with Crippen molar-refractivity contribution in [1.82, 2.24) is 9.97 Å². The van der Waals surface area contributed by atoms with Crippen LogP contribution in [0.15, 0.2) is 59.3 Å². The molecule has 26 heavy (non-hydrogen) atoms. The minimum atomic E-state index is 0.551. The maximum absolute atomic E-state index is 5.89. The molecule has 4 aromatic rings. The molecule has 0 aliphatic carbocycles. The summed E-state index contributed by atoms with van der Waals surface area (Å²) in [6.45, 7) is 1.73. The smallest absolute Gasteiger partial charge is 0.196 e. The summed E-state index contributed by atoms with van der Waals surface area (Å²) in [5.74, 6) is 1.52. The Kier molecular flexibility index (Phi) is 4.66. The summed E-state index contributed by atoms with van der Waals surface area (Å²) in [5, 5.41) is 4.25. The van der Waals surface area contributed by atoms with Crippen LogP contribution in [-0.4, -0.2) is 30.2 Å². The van der Waals surface area contributed by atoms with Crippen molar-refractivity contribution in [3.63, 3.8) is 0 Å². The molecule has 0 bridgehead atoms. The summed E-state index contributed by atoms with van der Waals surface area (Å²) in [5.41, 5.74) is 3.40. The van der Waals surface area contributed by atoms with Crippen LogP contribution in [0, 0.1) is 0 Å². The van der Waals surface area contributed by atoms with Crippen molar-refractivity contribution in [2.75, 3.05) is 25.6 Å². The van der Waals surface area contributed by atoms with E-state index in [9.17, 15) is 0 Å². The molecule has 2 heterocycles. The summed E-state index contributed by atoms with van der Waals surface area (Å²) < 4.78 is 16.7. The van der Waals surface area contributed by atoms with Gasteiger partial charge in [0.05, 0.1) is 20.3 Å². The third-order valence-electron chi connectivity index (χ3n) is 4.12. The van der Waals surface area contributed by atoms with E-state index in [-0.39, 0.29) is 0 Å². The van der Waals surface area contributed by atoms with E-state index in [1.54, 1.807) is 13.4 Å². The van der Waals surface area contributed by atoms with Crippen LogP contribution in [0.4, 0.5) is 5.82 Å². The zero-order valence-electron chi connectivity index (χ0n) is 14.4. The fourth-order valence-corrected chi connectivity index (χ4v) is 2.80. The maximum Gasteiger partial charge on any atom is 0.196 e. The first-order chi connectivity index (χ1) is 12.8. The van der Waals surface area contributed by atoms with Crippen LogP contribution in [0.2, 0.25) is 0 Å².